The highest BCUT2D eigenvalue weighted by molar-refractivity contribution is 6.30. The van der Waals surface area contributed by atoms with Crippen molar-refractivity contribution >= 4 is 29.4 Å². The first-order valence-electron chi connectivity index (χ1n) is 6.80. The van der Waals surface area contributed by atoms with Crippen LogP contribution in [0, 0.1) is 0 Å². The number of benzene rings is 1. The summed E-state index contributed by atoms with van der Waals surface area (Å²) in [7, 11) is 0. The Kier molecular flexibility index (Phi) is 4.05. The Balaban J connectivity index is 2.40. The molecule has 0 radical (unpaired) electrons. The van der Waals surface area contributed by atoms with E-state index >= 15 is 0 Å². The van der Waals surface area contributed by atoms with Gasteiger partial charge in [0.2, 0.25) is 0 Å². The van der Waals surface area contributed by atoms with E-state index in [1.165, 1.54) is 12.1 Å². The molecule has 1 unspecified atom stereocenters. The topological polar surface area (TPSA) is 75.6 Å². The number of halogens is 3. The number of ether oxygens (including phenoxy) is 1. The van der Waals surface area contributed by atoms with Crippen molar-refractivity contribution in [3.8, 4) is 0 Å². The Labute approximate surface area is 136 Å². The summed E-state index contributed by atoms with van der Waals surface area (Å²) >= 11 is 5.81. The zero-order valence-corrected chi connectivity index (χ0v) is 13.5. The second kappa shape index (κ2) is 5.33. The summed E-state index contributed by atoms with van der Waals surface area (Å²) in [4.78, 5) is 23.3. The van der Waals surface area contributed by atoms with Gasteiger partial charge in [-0.2, -0.15) is 0 Å². The van der Waals surface area contributed by atoms with E-state index in [0.29, 0.717) is 0 Å². The van der Waals surface area contributed by atoms with E-state index in [0.717, 1.165) is 6.07 Å². The summed E-state index contributed by atoms with van der Waals surface area (Å²) in [6.45, 7) is 4.93. The normalized spacial score (nSPS) is 22.3. The molecule has 23 heavy (non-hydrogen) atoms. The summed E-state index contributed by atoms with van der Waals surface area (Å²) in [6, 6.07) is 3.78. The molecule has 0 saturated heterocycles. The number of anilines is 1. The smallest absolute Gasteiger partial charge is 0.412 e. The molecule has 1 fully saturated rings. The third-order valence-corrected chi connectivity index (χ3v) is 3.66. The number of hydrogen-bond acceptors (Lipinski definition) is 3. The highest BCUT2D eigenvalue weighted by Crippen LogP contribution is 2.63. The number of alkyl halides is 2. The van der Waals surface area contributed by atoms with Crippen molar-refractivity contribution in [3.63, 3.8) is 0 Å². The highest BCUT2D eigenvalue weighted by atomic mass is 35.5. The van der Waals surface area contributed by atoms with E-state index in [-0.39, 0.29) is 16.3 Å². The largest absolute Gasteiger partial charge is 0.480 e. The van der Waals surface area contributed by atoms with Crippen molar-refractivity contribution < 1.29 is 28.2 Å². The van der Waals surface area contributed by atoms with Gasteiger partial charge in [0, 0.05) is 22.7 Å². The lowest BCUT2D eigenvalue weighted by Gasteiger charge is -2.22. The minimum atomic E-state index is -3.41. The molecule has 0 aromatic heterocycles. The van der Waals surface area contributed by atoms with Gasteiger partial charge in [0.15, 0.2) is 5.41 Å². The number of carbonyl (C=O) groups is 2. The van der Waals surface area contributed by atoms with Crippen LogP contribution in [-0.2, 0) is 14.9 Å². The molecular formula is C15H16ClF2NO4. The first-order chi connectivity index (χ1) is 10.4. The van der Waals surface area contributed by atoms with Crippen LogP contribution in [0.3, 0.4) is 0 Å². The number of amides is 1. The summed E-state index contributed by atoms with van der Waals surface area (Å²) in [5.74, 6) is -5.08. The third kappa shape index (κ3) is 3.24. The molecule has 2 rings (SSSR count). The Morgan fingerprint density at radius 1 is 1.35 bits per heavy atom. The molecule has 1 amide bonds. The molecular weight excluding hydrogens is 332 g/mol. The molecule has 0 bridgehead atoms. The van der Waals surface area contributed by atoms with Gasteiger partial charge in [-0.15, -0.1) is 0 Å². The summed E-state index contributed by atoms with van der Waals surface area (Å²) < 4.78 is 32.5. The van der Waals surface area contributed by atoms with Crippen LogP contribution in [0.2, 0.25) is 5.02 Å². The molecule has 126 valence electrons. The standard InChI is InChI=1S/C15H16ClF2NO4/c1-13(2,3)23-12(22)19-10-5-4-8(16)6-9(10)14(11(20)21)7-15(14,17)18/h4-6H,7H2,1-3H3,(H,19,22)(H,20,21). The molecule has 0 aliphatic heterocycles. The fourth-order valence-electron chi connectivity index (χ4n) is 2.32. The molecule has 8 heteroatoms. The van der Waals surface area contributed by atoms with Crippen LogP contribution in [0.4, 0.5) is 19.3 Å². The van der Waals surface area contributed by atoms with Gasteiger partial charge >= 0.3 is 12.1 Å². The molecule has 2 N–H and O–H groups in total. The number of hydrogen-bond donors (Lipinski definition) is 2. The second-order valence-electron chi connectivity index (χ2n) is 6.41. The zero-order chi connectivity index (χ0) is 17.6. The number of nitrogens with one attached hydrogen (secondary N) is 1. The van der Waals surface area contributed by atoms with Crippen molar-refractivity contribution in [1.29, 1.82) is 0 Å². The maximum absolute atomic E-state index is 13.7. The van der Waals surface area contributed by atoms with Crippen LogP contribution in [0.5, 0.6) is 0 Å². The summed E-state index contributed by atoms with van der Waals surface area (Å²) in [5, 5.41) is 11.7. The van der Waals surface area contributed by atoms with E-state index in [4.69, 9.17) is 16.3 Å². The average molecular weight is 348 g/mol. The molecule has 0 heterocycles. The first kappa shape index (κ1) is 17.5. The maximum atomic E-state index is 13.7. The molecule has 1 aliphatic carbocycles. The van der Waals surface area contributed by atoms with Crippen molar-refractivity contribution in [2.75, 3.05) is 5.32 Å². The number of carboxylic acids is 1. The average Bonchev–Trinajstić information content (AvgIpc) is 2.94. The Hall–Kier alpha value is -1.89. The first-order valence-corrected chi connectivity index (χ1v) is 7.18. The fourth-order valence-corrected chi connectivity index (χ4v) is 2.49. The Morgan fingerprint density at radius 2 is 1.91 bits per heavy atom. The minimum Gasteiger partial charge on any atom is -0.480 e. The number of carboxylic acid groups (broad SMARTS) is 1. The molecule has 1 saturated carbocycles. The molecule has 1 atom stereocenters. The second-order valence-corrected chi connectivity index (χ2v) is 6.84. The van der Waals surface area contributed by atoms with Gasteiger partial charge in [-0.05, 0) is 39.0 Å². The van der Waals surface area contributed by atoms with Crippen molar-refractivity contribution in [2.24, 2.45) is 0 Å². The maximum Gasteiger partial charge on any atom is 0.412 e. The van der Waals surface area contributed by atoms with Gasteiger partial charge < -0.3 is 9.84 Å². The Bertz CT molecular complexity index is 672. The number of carbonyl (C=O) groups excluding carboxylic acids is 1. The van der Waals surface area contributed by atoms with Gasteiger partial charge in [-0.3, -0.25) is 10.1 Å². The van der Waals surface area contributed by atoms with Gasteiger partial charge in [-0.25, -0.2) is 13.6 Å². The summed E-state index contributed by atoms with van der Waals surface area (Å²) in [5.41, 5.74) is -3.48. The van der Waals surface area contributed by atoms with Crippen LogP contribution in [-0.4, -0.2) is 28.7 Å². The van der Waals surface area contributed by atoms with Gasteiger partial charge in [-0.1, -0.05) is 11.6 Å². The monoisotopic (exact) mass is 347 g/mol. The lowest BCUT2D eigenvalue weighted by molar-refractivity contribution is -0.142. The number of aliphatic carboxylic acids is 1. The lowest BCUT2D eigenvalue weighted by atomic mass is 9.93. The van der Waals surface area contributed by atoms with E-state index in [1.807, 2.05) is 0 Å². The molecule has 5 nitrogen and oxygen atoms in total. The fraction of sp³-hybridized carbons (Fsp3) is 0.467. The van der Waals surface area contributed by atoms with Crippen molar-refractivity contribution in [1.82, 2.24) is 0 Å². The van der Waals surface area contributed by atoms with Crippen LogP contribution in [0.15, 0.2) is 18.2 Å². The Morgan fingerprint density at radius 3 is 2.35 bits per heavy atom. The van der Waals surface area contributed by atoms with E-state index < -0.39 is 35.4 Å². The predicted molar refractivity (Wildman–Crippen MR) is 80.2 cm³/mol. The molecule has 0 spiro atoms. The lowest BCUT2D eigenvalue weighted by Crippen LogP contribution is -2.31. The molecule has 1 aromatic rings. The van der Waals surface area contributed by atoms with E-state index in [2.05, 4.69) is 5.32 Å². The van der Waals surface area contributed by atoms with Crippen LogP contribution in [0.1, 0.15) is 32.8 Å². The highest BCUT2D eigenvalue weighted by Gasteiger charge is 2.78. The van der Waals surface area contributed by atoms with Crippen LogP contribution >= 0.6 is 11.6 Å². The zero-order valence-electron chi connectivity index (χ0n) is 12.7. The molecule has 1 aliphatic rings. The SMILES string of the molecule is CC(C)(C)OC(=O)Nc1ccc(Cl)cc1C1(C(=O)O)CC1(F)F. The van der Waals surface area contributed by atoms with Crippen LogP contribution in [0.25, 0.3) is 0 Å². The van der Waals surface area contributed by atoms with E-state index in [1.54, 1.807) is 20.8 Å². The van der Waals surface area contributed by atoms with Gasteiger partial charge in [0.1, 0.15) is 5.60 Å². The third-order valence-electron chi connectivity index (χ3n) is 3.43. The van der Waals surface area contributed by atoms with Crippen LogP contribution < -0.4 is 5.32 Å². The predicted octanol–water partition coefficient (Wildman–Crippen LogP) is 4.05. The minimum absolute atomic E-state index is 0.0665. The van der Waals surface area contributed by atoms with E-state index in [9.17, 15) is 23.5 Å². The van der Waals surface area contributed by atoms with Crippen molar-refractivity contribution in [2.45, 2.75) is 44.1 Å². The van der Waals surface area contributed by atoms with Gasteiger partial charge in [0.05, 0.1) is 0 Å². The van der Waals surface area contributed by atoms with Gasteiger partial charge in [0.25, 0.3) is 5.92 Å². The summed E-state index contributed by atoms with van der Waals surface area (Å²) in [6.07, 6.45) is -1.72. The quantitative estimate of drug-likeness (QED) is 0.865. The number of rotatable bonds is 3. The molecule has 1 aromatic carbocycles. The van der Waals surface area contributed by atoms with Crippen molar-refractivity contribution in [3.05, 3.63) is 28.8 Å².